The highest BCUT2D eigenvalue weighted by atomic mass is 16.2. The van der Waals surface area contributed by atoms with Crippen LogP contribution < -0.4 is 4.90 Å². The van der Waals surface area contributed by atoms with Crippen molar-refractivity contribution in [2.75, 3.05) is 4.90 Å². The van der Waals surface area contributed by atoms with Gasteiger partial charge in [-0.25, -0.2) is 4.90 Å². The van der Waals surface area contributed by atoms with Gasteiger partial charge in [0.15, 0.2) is 0 Å². The number of para-hydroxylation sites is 1. The van der Waals surface area contributed by atoms with E-state index in [4.69, 9.17) is 0 Å². The number of aromatic nitrogens is 1. The Balaban J connectivity index is 1.23. The molecule has 0 fully saturated rings. The Kier molecular flexibility index (Phi) is 6.85. The number of benzene rings is 7. The summed E-state index contributed by atoms with van der Waals surface area (Å²) in [6, 6.07) is 53.0. The van der Waals surface area contributed by atoms with E-state index < -0.39 is 0 Å². The van der Waals surface area contributed by atoms with E-state index in [1.165, 1.54) is 21.6 Å². The largest absolute Gasteiger partial charge is 0.308 e. The molecule has 0 N–H and O–H groups in total. The Bertz CT molecular complexity index is 2630. The number of rotatable bonds is 5. The number of hydrogen-bond donors (Lipinski definition) is 0. The Labute approximate surface area is 290 Å². The summed E-state index contributed by atoms with van der Waals surface area (Å²) in [5, 5.41) is 2.17. The van der Waals surface area contributed by atoms with Crippen molar-refractivity contribution in [1.82, 2.24) is 4.57 Å². The molecule has 238 valence electrons. The molecule has 2 amide bonds. The first-order valence-corrected chi connectivity index (χ1v) is 16.9. The van der Waals surface area contributed by atoms with Crippen LogP contribution in [-0.4, -0.2) is 16.4 Å². The summed E-state index contributed by atoms with van der Waals surface area (Å²) in [4.78, 5) is 30.6. The number of carbonyl (C=O) groups excluding carboxylic acids is 2. The van der Waals surface area contributed by atoms with Gasteiger partial charge in [-0.1, -0.05) is 132 Å². The van der Waals surface area contributed by atoms with E-state index in [-0.39, 0.29) is 11.8 Å². The van der Waals surface area contributed by atoms with E-state index in [1.54, 1.807) is 6.07 Å². The number of carbonyl (C=O) groups is 2. The minimum atomic E-state index is -0.333. The van der Waals surface area contributed by atoms with Gasteiger partial charge in [-0.2, -0.15) is 0 Å². The van der Waals surface area contributed by atoms with Gasteiger partial charge in [-0.15, -0.1) is 0 Å². The van der Waals surface area contributed by atoms with Crippen LogP contribution in [0, 0.1) is 13.8 Å². The average Bonchev–Trinajstić information content (AvgIpc) is 3.61. The zero-order valence-electron chi connectivity index (χ0n) is 27.7. The van der Waals surface area contributed by atoms with E-state index in [0.717, 1.165) is 49.6 Å². The third kappa shape index (κ3) is 4.68. The molecule has 0 aliphatic carbocycles. The fraction of sp³-hybridized carbons (Fsp3) is 0.0435. The molecule has 1 aliphatic rings. The Morgan fingerprint density at radius 2 is 1.04 bits per heavy atom. The summed E-state index contributed by atoms with van der Waals surface area (Å²) < 4.78 is 2.14. The predicted molar refractivity (Wildman–Crippen MR) is 204 cm³/mol. The lowest BCUT2D eigenvalue weighted by molar-refractivity contribution is 0.0926. The number of amides is 2. The molecule has 4 nitrogen and oxygen atoms in total. The molecular formula is C46H32N2O2. The highest BCUT2D eigenvalue weighted by molar-refractivity contribution is 6.36. The zero-order chi connectivity index (χ0) is 33.9. The predicted octanol–water partition coefficient (Wildman–Crippen LogP) is 11.2. The molecular weight excluding hydrogens is 613 g/mol. The maximum atomic E-state index is 14.8. The summed E-state index contributed by atoms with van der Waals surface area (Å²) in [5.41, 5.74) is 12.4. The van der Waals surface area contributed by atoms with E-state index in [1.807, 2.05) is 97.1 Å². The van der Waals surface area contributed by atoms with Crippen LogP contribution in [0.5, 0.6) is 0 Å². The lowest BCUT2D eigenvalue weighted by Crippen LogP contribution is -2.30. The van der Waals surface area contributed by atoms with Crippen molar-refractivity contribution in [1.29, 1.82) is 0 Å². The van der Waals surface area contributed by atoms with Crippen molar-refractivity contribution >= 4 is 39.3 Å². The van der Waals surface area contributed by atoms with Crippen LogP contribution in [0.2, 0.25) is 0 Å². The van der Waals surface area contributed by atoms with Crippen LogP contribution >= 0.6 is 0 Å². The van der Waals surface area contributed by atoms with Gasteiger partial charge in [0, 0.05) is 16.3 Å². The first-order valence-electron chi connectivity index (χ1n) is 16.9. The fourth-order valence-corrected chi connectivity index (χ4v) is 7.61. The number of anilines is 1. The summed E-state index contributed by atoms with van der Waals surface area (Å²) in [7, 11) is 0. The monoisotopic (exact) mass is 644 g/mol. The van der Waals surface area contributed by atoms with Gasteiger partial charge < -0.3 is 4.57 Å². The minimum Gasteiger partial charge on any atom is -0.308 e. The number of fused-ring (bicyclic) bond motifs is 4. The molecule has 0 radical (unpaired) electrons. The topological polar surface area (TPSA) is 42.3 Å². The quantitative estimate of drug-likeness (QED) is 0.175. The first kappa shape index (κ1) is 29.6. The Hall–Kier alpha value is -6.52. The van der Waals surface area contributed by atoms with Crippen molar-refractivity contribution < 1.29 is 9.59 Å². The second-order valence-electron chi connectivity index (χ2n) is 13.1. The summed E-state index contributed by atoms with van der Waals surface area (Å²) in [6.45, 7) is 4.25. The van der Waals surface area contributed by atoms with E-state index in [9.17, 15) is 9.59 Å². The molecule has 0 spiro atoms. The molecule has 8 aromatic rings. The van der Waals surface area contributed by atoms with Crippen molar-refractivity contribution in [3.8, 4) is 39.1 Å². The molecule has 9 rings (SSSR count). The van der Waals surface area contributed by atoms with Crippen molar-refractivity contribution in [2.24, 2.45) is 0 Å². The molecule has 1 aromatic heterocycles. The van der Waals surface area contributed by atoms with Crippen LogP contribution in [-0.2, 0) is 0 Å². The van der Waals surface area contributed by atoms with E-state index in [2.05, 4.69) is 73.0 Å². The highest BCUT2D eigenvalue weighted by Gasteiger charge is 2.40. The number of imide groups is 1. The normalized spacial score (nSPS) is 12.6. The van der Waals surface area contributed by atoms with Crippen LogP contribution in [0.1, 0.15) is 31.8 Å². The number of aryl methyl sites for hydroxylation is 2. The second kappa shape index (κ2) is 11.6. The molecule has 50 heavy (non-hydrogen) atoms. The van der Waals surface area contributed by atoms with Gasteiger partial charge in [0.25, 0.3) is 11.8 Å². The molecule has 0 unspecified atom stereocenters. The van der Waals surface area contributed by atoms with Gasteiger partial charge in [0.05, 0.1) is 33.5 Å². The smallest absolute Gasteiger partial charge is 0.268 e. The standard InChI is InChI=1S/C46H32N2O2/c1-29-24-30(2)26-35(25-29)33-21-23-41-39(27-33)37-16-9-10-18-40(37)47(41)42-19-11-17-38-44(42)46(50)48(45(38)49)43-28-34(31-12-5-3-6-13-31)20-22-36(43)32-14-7-4-8-15-32/h3-28H,1-2H3. The summed E-state index contributed by atoms with van der Waals surface area (Å²) >= 11 is 0. The Morgan fingerprint density at radius 3 is 1.80 bits per heavy atom. The highest BCUT2D eigenvalue weighted by Crippen LogP contribution is 2.42. The molecule has 0 atom stereocenters. The minimum absolute atomic E-state index is 0.327. The second-order valence-corrected chi connectivity index (χ2v) is 13.1. The van der Waals surface area contributed by atoms with Crippen LogP contribution in [0.15, 0.2) is 158 Å². The molecule has 4 heteroatoms. The zero-order valence-corrected chi connectivity index (χ0v) is 27.7. The van der Waals surface area contributed by atoms with Crippen molar-refractivity contribution in [2.45, 2.75) is 13.8 Å². The lowest BCUT2D eigenvalue weighted by atomic mass is 9.97. The summed E-state index contributed by atoms with van der Waals surface area (Å²) in [5.74, 6) is -0.659. The summed E-state index contributed by atoms with van der Waals surface area (Å²) in [6.07, 6.45) is 0. The third-order valence-electron chi connectivity index (χ3n) is 9.79. The number of nitrogens with zero attached hydrogens (tertiary/aromatic N) is 2. The van der Waals surface area contributed by atoms with Gasteiger partial charge >= 0.3 is 0 Å². The van der Waals surface area contributed by atoms with E-state index in [0.29, 0.717) is 22.5 Å². The van der Waals surface area contributed by atoms with Gasteiger partial charge in [0.1, 0.15) is 0 Å². The molecule has 0 bridgehead atoms. The molecule has 0 saturated carbocycles. The van der Waals surface area contributed by atoms with Crippen molar-refractivity contribution in [3.63, 3.8) is 0 Å². The third-order valence-corrected chi connectivity index (χ3v) is 9.79. The first-order chi connectivity index (χ1) is 24.5. The van der Waals surface area contributed by atoms with Crippen LogP contribution in [0.3, 0.4) is 0 Å². The fourth-order valence-electron chi connectivity index (χ4n) is 7.61. The molecule has 7 aromatic carbocycles. The lowest BCUT2D eigenvalue weighted by Gasteiger charge is -2.20. The Morgan fingerprint density at radius 1 is 0.400 bits per heavy atom. The van der Waals surface area contributed by atoms with Crippen molar-refractivity contribution in [3.05, 3.63) is 180 Å². The van der Waals surface area contributed by atoms with Gasteiger partial charge in [-0.3, -0.25) is 9.59 Å². The van der Waals surface area contributed by atoms with E-state index >= 15 is 0 Å². The maximum Gasteiger partial charge on any atom is 0.268 e. The average molecular weight is 645 g/mol. The molecule has 2 heterocycles. The molecule has 1 aliphatic heterocycles. The number of hydrogen-bond acceptors (Lipinski definition) is 2. The SMILES string of the molecule is Cc1cc(C)cc(-c2ccc3c(c2)c2ccccc2n3-c2cccc3c2C(=O)N(c2cc(-c4ccccc4)ccc2-c2ccccc2)C3=O)c1. The van der Waals surface area contributed by atoms with Gasteiger partial charge in [-0.05, 0) is 78.1 Å². The molecule has 0 saturated heterocycles. The van der Waals surface area contributed by atoms with Crippen LogP contribution in [0.4, 0.5) is 5.69 Å². The maximum absolute atomic E-state index is 14.8. The van der Waals surface area contributed by atoms with Crippen LogP contribution in [0.25, 0.3) is 60.9 Å². The van der Waals surface area contributed by atoms with Gasteiger partial charge in [0.2, 0.25) is 0 Å².